The van der Waals surface area contributed by atoms with Crippen LogP contribution < -0.4 is 9.47 Å². The number of carbonyl (C=O) groups excluding carboxylic acids is 1. The van der Waals surface area contributed by atoms with Crippen LogP contribution in [0.4, 0.5) is 0 Å². The van der Waals surface area contributed by atoms with Crippen molar-refractivity contribution >= 4 is 12.0 Å². The molecule has 0 aromatic heterocycles. The number of hydrogen-bond donors (Lipinski definition) is 0. The van der Waals surface area contributed by atoms with Crippen LogP contribution in [-0.2, 0) is 9.53 Å². The lowest BCUT2D eigenvalue weighted by atomic mass is 9.50. The highest BCUT2D eigenvalue weighted by atomic mass is 16.6. The zero-order chi connectivity index (χ0) is 19.0. The fraction of sp³-hybridized carbons (Fsp3) is 0.609. The molecule has 0 aliphatic heterocycles. The summed E-state index contributed by atoms with van der Waals surface area (Å²) >= 11 is 0. The highest BCUT2D eigenvalue weighted by Gasteiger charge is 2.57. The molecule has 4 aliphatic rings. The zero-order valence-electron chi connectivity index (χ0n) is 16.4. The van der Waals surface area contributed by atoms with Crippen molar-refractivity contribution in [3.05, 3.63) is 30.3 Å². The zero-order valence-corrected chi connectivity index (χ0v) is 16.4. The Labute approximate surface area is 161 Å². The smallest absolute Gasteiger partial charge is 0.344 e. The molecular weight excluding hydrogens is 340 g/mol. The molecule has 0 heterocycles. The third-order valence-corrected chi connectivity index (χ3v) is 6.94. The van der Waals surface area contributed by atoms with Gasteiger partial charge >= 0.3 is 5.97 Å². The van der Waals surface area contributed by atoms with E-state index in [0.717, 1.165) is 17.4 Å². The van der Waals surface area contributed by atoms with Gasteiger partial charge in [-0.1, -0.05) is 18.7 Å². The summed E-state index contributed by atoms with van der Waals surface area (Å²) in [6.07, 6.45) is 8.02. The van der Waals surface area contributed by atoms with E-state index in [1.54, 1.807) is 6.08 Å². The molecule has 0 atom stereocenters. The topological polar surface area (TPSA) is 44.8 Å². The van der Waals surface area contributed by atoms with E-state index in [2.05, 4.69) is 13.5 Å². The van der Waals surface area contributed by atoms with Crippen molar-refractivity contribution in [1.29, 1.82) is 0 Å². The van der Waals surface area contributed by atoms with Crippen LogP contribution in [0.15, 0.2) is 24.8 Å². The van der Waals surface area contributed by atoms with Gasteiger partial charge in [0.05, 0.1) is 6.61 Å². The molecule has 0 N–H and O–H groups in total. The summed E-state index contributed by atoms with van der Waals surface area (Å²) in [5, 5.41) is 0. The molecule has 27 heavy (non-hydrogen) atoms. The van der Waals surface area contributed by atoms with Crippen LogP contribution in [0, 0.1) is 23.7 Å². The SMILES string of the molecule is C=Cc1ccc(OCC(=O)OC2(C)C3CC4CC(C3)CC2C4)c(OCC)c1. The van der Waals surface area contributed by atoms with E-state index < -0.39 is 0 Å². The lowest BCUT2D eigenvalue weighted by Crippen LogP contribution is -2.58. The third-order valence-electron chi connectivity index (χ3n) is 6.94. The summed E-state index contributed by atoms with van der Waals surface area (Å²) < 4.78 is 17.4. The Morgan fingerprint density at radius 3 is 2.37 bits per heavy atom. The fourth-order valence-corrected chi connectivity index (χ4v) is 5.74. The maximum Gasteiger partial charge on any atom is 0.344 e. The molecule has 0 unspecified atom stereocenters. The predicted molar refractivity (Wildman–Crippen MR) is 105 cm³/mol. The van der Waals surface area contributed by atoms with Gasteiger partial charge in [-0.2, -0.15) is 0 Å². The van der Waals surface area contributed by atoms with Gasteiger partial charge in [-0.25, -0.2) is 4.79 Å². The molecule has 4 nitrogen and oxygen atoms in total. The van der Waals surface area contributed by atoms with E-state index in [4.69, 9.17) is 14.2 Å². The van der Waals surface area contributed by atoms with E-state index in [-0.39, 0.29) is 18.2 Å². The van der Waals surface area contributed by atoms with E-state index in [1.807, 2.05) is 25.1 Å². The minimum Gasteiger partial charge on any atom is -0.490 e. The van der Waals surface area contributed by atoms with Crippen molar-refractivity contribution < 1.29 is 19.0 Å². The van der Waals surface area contributed by atoms with Gasteiger partial charge in [0.25, 0.3) is 0 Å². The number of hydrogen-bond acceptors (Lipinski definition) is 4. The normalized spacial score (nSPS) is 33.6. The molecular formula is C23H30O4. The lowest BCUT2D eigenvalue weighted by molar-refractivity contribution is -0.204. The second-order valence-electron chi connectivity index (χ2n) is 8.59. The second kappa shape index (κ2) is 7.21. The van der Waals surface area contributed by atoms with Crippen LogP contribution in [0.2, 0.25) is 0 Å². The van der Waals surface area contributed by atoms with Gasteiger partial charge in [0.1, 0.15) is 5.60 Å². The predicted octanol–water partition coefficient (Wildman–Crippen LogP) is 4.87. The van der Waals surface area contributed by atoms with Crippen LogP contribution in [-0.4, -0.2) is 24.8 Å². The van der Waals surface area contributed by atoms with Crippen LogP contribution in [0.25, 0.3) is 6.08 Å². The molecule has 0 spiro atoms. The van der Waals surface area contributed by atoms with Gasteiger partial charge < -0.3 is 14.2 Å². The Hall–Kier alpha value is -1.97. The largest absolute Gasteiger partial charge is 0.490 e. The van der Waals surface area contributed by atoms with Crippen LogP contribution in [0.3, 0.4) is 0 Å². The fourth-order valence-electron chi connectivity index (χ4n) is 5.74. The van der Waals surface area contributed by atoms with Gasteiger partial charge in [0.15, 0.2) is 18.1 Å². The second-order valence-corrected chi connectivity index (χ2v) is 8.59. The van der Waals surface area contributed by atoms with Gasteiger partial charge in [-0.15, -0.1) is 0 Å². The summed E-state index contributed by atoms with van der Waals surface area (Å²) in [5.41, 5.74) is 0.637. The van der Waals surface area contributed by atoms with E-state index in [0.29, 0.717) is 29.9 Å². The first-order chi connectivity index (χ1) is 13.0. The standard InChI is InChI=1S/C23H30O4/c1-4-15-6-7-20(21(13-15)25-5-2)26-14-22(24)27-23(3)18-9-16-8-17(11-18)12-19(23)10-16/h4,6-7,13,16-19H,1,5,8-12,14H2,2-3H3. The molecule has 0 amide bonds. The molecule has 146 valence electrons. The first kappa shape index (κ1) is 18.4. The minimum absolute atomic E-state index is 0.0879. The van der Waals surface area contributed by atoms with Gasteiger partial charge in [-0.05, 0) is 87.3 Å². The molecule has 4 aliphatic carbocycles. The number of benzene rings is 1. The molecule has 1 aromatic rings. The van der Waals surface area contributed by atoms with Crippen molar-refractivity contribution in [3.8, 4) is 11.5 Å². The molecule has 4 heteroatoms. The number of esters is 1. The molecule has 5 rings (SSSR count). The molecule has 4 saturated carbocycles. The number of carbonyl (C=O) groups is 1. The van der Waals surface area contributed by atoms with Crippen LogP contribution in [0.1, 0.15) is 51.5 Å². The van der Waals surface area contributed by atoms with Gasteiger partial charge in [-0.3, -0.25) is 0 Å². The van der Waals surface area contributed by atoms with E-state index >= 15 is 0 Å². The summed E-state index contributed by atoms with van der Waals surface area (Å²) in [7, 11) is 0. The molecule has 4 fully saturated rings. The summed E-state index contributed by atoms with van der Waals surface area (Å²) in [6.45, 7) is 8.30. The van der Waals surface area contributed by atoms with E-state index in [9.17, 15) is 4.79 Å². The molecule has 0 radical (unpaired) electrons. The molecule has 4 bridgehead atoms. The van der Waals surface area contributed by atoms with Gasteiger partial charge in [0.2, 0.25) is 0 Å². The average molecular weight is 370 g/mol. The third kappa shape index (κ3) is 3.46. The monoisotopic (exact) mass is 370 g/mol. The highest BCUT2D eigenvalue weighted by molar-refractivity contribution is 5.72. The average Bonchev–Trinajstić information content (AvgIpc) is 2.65. The van der Waals surface area contributed by atoms with Crippen molar-refractivity contribution in [2.75, 3.05) is 13.2 Å². The van der Waals surface area contributed by atoms with Crippen molar-refractivity contribution in [2.45, 2.75) is 51.6 Å². The first-order valence-electron chi connectivity index (χ1n) is 10.3. The Kier molecular flexibility index (Phi) is 4.92. The Balaban J connectivity index is 1.40. The van der Waals surface area contributed by atoms with Crippen molar-refractivity contribution in [1.82, 2.24) is 0 Å². The van der Waals surface area contributed by atoms with Gasteiger partial charge in [0, 0.05) is 0 Å². The Bertz CT molecular complexity index is 695. The Morgan fingerprint density at radius 2 is 1.78 bits per heavy atom. The summed E-state index contributed by atoms with van der Waals surface area (Å²) in [4.78, 5) is 12.6. The quantitative estimate of drug-likeness (QED) is 0.643. The maximum atomic E-state index is 12.6. The number of ether oxygens (including phenoxy) is 3. The van der Waals surface area contributed by atoms with Crippen LogP contribution in [0.5, 0.6) is 11.5 Å². The highest BCUT2D eigenvalue weighted by Crippen LogP contribution is 2.59. The van der Waals surface area contributed by atoms with Crippen molar-refractivity contribution in [2.24, 2.45) is 23.7 Å². The maximum absolute atomic E-state index is 12.6. The first-order valence-corrected chi connectivity index (χ1v) is 10.3. The molecule has 1 aromatic carbocycles. The summed E-state index contributed by atoms with van der Waals surface area (Å²) in [6, 6.07) is 5.59. The molecule has 0 saturated heterocycles. The van der Waals surface area contributed by atoms with Crippen molar-refractivity contribution in [3.63, 3.8) is 0 Å². The van der Waals surface area contributed by atoms with E-state index in [1.165, 1.54) is 32.1 Å². The number of rotatable bonds is 7. The van der Waals surface area contributed by atoms with Crippen LogP contribution >= 0.6 is 0 Å². The Morgan fingerprint density at radius 1 is 1.11 bits per heavy atom. The minimum atomic E-state index is -0.316. The lowest BCUT2D eigenvalue weighted by Gasteiger charge is -2.59. The summed E-state index contributed by atoms with van der Waals surface area (Å²) in [5.74, 6) is 3.66.